The van der Waals surface area contributed by atoms with Crippen LogP contribution in [-0.4, -0.2) is 37.4 Å². The van der Waals surface area contributed by atoms with E-state index in [4.69, 9.17) is 18.6 Å². The van der Waals surface area contributed by atoms with Crippen LogP contribution < -0.4 is 14.8 Å². The van der Waals surface area contributed by atoms with Gasteiger partial charge in [-0.25, -0.2) is 4.98 Å². The van der Waals surface area contributed by atoms with E-state index in [1.165, 1.54) is 0 Å². The minimum Gasteiger partial charge on any atom is -0.454 e. The fourth-order valence-corrected chi connectivity index (χ4v) is 4.29. The Labute approximate surface area is 186 Å². The quantitative estimate of drug-likeness (QED) is 0.608. The van der Waals surface area contributed by atoms with Crippen LogP contribution in [-0.2, 0) is 21.4 Å². The molecule has 0 aliphatic carbocycles. The number of oxazole rings is 1. The maximum absolute atomic E-state index is 12.6. The van der Waals surface area contributed by atoms with Crippen molar-refractivity contribution in [3.05, 3.63) is 66.2 Å². The molecule has 7 nitrogen and oxygen atoms in total. The first-order valence-electron chi connectivity index (χ1n) is 11.0. The SMILES string of the molecule is O=C(CCc1ncc(-c2ccccc2)o1)NCC1(c2ccc3c(c2)OCO3)CCOCC1. The molecule has 0 unspecified atom stereocenters. The smallest absolute Gasteiger partial charge is 0.231 e. The predicted molar refractivity (Wildman–Crippen MR) is 118 cm³/mol. The fourth-order valence-electron chi connectivity index (χ4n) is 4.29. The van der Waals surface area contributed by atoms with Crippen LogP contribution in [0.2, 0.25) is 0 Å². The van der Waals surface area contributed by atoms with Gasteiger partial charge in [-0.3, -0.25) is 4.79 Å². The molecule has 32 heavy (non-hydrogen) atoms. The van der Waals surface area contributed by atoms with E-state index in [9.17, 15) is 4.79 Å². The van der Waals surface area contributed by atoms with Crippen molar-refractivity contribution in [1.29, 1.82) is 0 Å². The second-order valence-electron chi connectivity index (χ2n) is 8.22. The number of carbonyl (C=O) groups excluding carboxylic acids is 1. The lowest BCUT2D eigenvalue weighted by atomic mass is 9.74. The zero-order valence-corrected chi connectivity index (χ0v) is 17.8. The number of aryl methyl sites for hydroxylation is 1. The van der Waals surface area contributed by atoms with Crippen molar-refractivity contribution in [3.63, 3.8) is 0 Å². The van der Waals surface area contributed by atoms with E-state index in [-0.39, 0.29) is 18.1 Å². The number of nitrogens with one attached hydrogen (secondary N) is 1. The third-order valence-electron chi connectivity index (χ3n) is 6.24. The summed E-state index contributed by atoms with van der Waals surface area (Å²) in [5.74, 6) is 2.79. The number of aromatic nitrogens is 1. The normalized spacial score (nSPS) is 16.6. The number of hydrogen-bond donors (Lipinski definition) is 1. The van der Waals surface area contributed by atoms with Crippen molar-refractivity contribution < 1.29 is 23.4 Å². The van der Waals surface area contributed by atoms with Gasteiger partial charge in [0.25, 0.3) is 0 Å². The summed E-state index contributed by atoms with van der Waals surface area (Å²) in [4.78, 5) is 17.0. The van der Waals surface area contributed by atoms with E-state index >= 15 is 0 Å². The third kappa shape index (κ3) is 4.34. The highest BCUT2D eigenvalue weighted by Gasteiger charge is 2.36. The number of amides is 1. The Hall–Kier alpha value is -3.32. The third-order valence-corrected chi connectivity index (χ3v) is 6.24. The van der Waals surface area contributed by atoms with Gasteiger partial charge in [-0.1, -0.05) is 36.4 Å². The van der Waals surface area contributed by atoms with Gasteiger partial charge in [0.1, 0.15) is 0 Å². The summed E-state index contributed by atoms with van der Waals surface area (Å²) in [6.07, 6.45) is 4.17. The van der Waals surface area contributed by atoms with E-state index in [2.05, 4.69) is 16.4 Å². The van der Waals surface area contributed by atoms with Crippen molar-refractivity contribution >= 4 is 5.91 Å². The average Bonchev–Trinajstić information content (AvgIpc) is 3.52. The first-order valence-corrected chi connectivity index (χ1v) is 11.0. The second kappa shape index (κ2) is 9.04. The van der Waals surface area contributed by atoms with Crippen molar-refractivity contribution in [2.45, 2.75) is 31.1 Å². The van der Waals surface area contributed by atoms with Crippen LogP contribution in [0.4, 0.5) is 0 Å². The van der Waals surface area contributed by atoms with Gasteiger partial charge in [-0.05, 0) is 30.5 Å². The van der Waals surface area contributed by atoms with E-state index in [1.54, 1.807) is 6.20 Å². The van der Waals surface area contributed by atoms with Crippen molar-refractivity contribution in [2.75, 3.05) is 26.6 Å². The molecular weight excluding hydrogens is 408 g/mol. The summed E-state index contributed by atoms with van der Waals surface area (Å²) >= 11 is 0. The molecule has 3 heterocycles. The number of rotatable bonds is 7. The van der Waals surface area contributed by atoms with Crippen LogP contribution in [0, 0.1) is 0 Å². The molecule has 0 atom stereocenters. The first-order chi connectivity index (χ1) is 15.7. The molecule has 5 rings (SSSR count). The van der Waals surface area contributed by atoms with Crippen molar-refractivity contribution in [2.24, 2.45) is 0 Å². The van der Waals surface area contributed by atoms with Gasteiger partial charge in [0.2, 0.25) is 12.7 Å². The van der Waals surface area contributed by atoms with Crippen molar-refractivity contribution in [3.8, 4) is 22.8 Å². The van der Waals surface area contributed by atoms with Gasteiger partial charge in [-0.2, -0.15) is 0 Å². The fraction of sp³-hybridized carbons (Fsp3) is 0.360. The number of fused-ring (bicyclic) bond motifs is 1. The summed E-state index contributed by atoms with van der Waals surface area (Å²) < 4.78 is 22.4. The van der Waals surface area contributed by atoms with Gasteiger partial charge < -0.3 is 23.9 Å². The Balaban J connectivity index is 1.20. The lowest BCUT2D eigenvalue weighted by Crippen LogP contribution is -2.44. The van der Waals surface area contributed by atoms with Gasteiger partial charge in [0.15, 0.2) is 23.1 Å². The van der Waals surface area contributed by atoms with Crippen LogP contribution in [0.15, 0.2) is 59.1 Å². The Kier molecular flexibility index (Phi) is 5.81. The summed E-state index contributed by atoms with van der Waals surface area (Å²) in [7, 11) is 0. The van der Waals surface area contributed by atoms with Crippen LogP contribution >= 0.6 is 0 Å². The highest BCUT2D eigenvalue weighted by atomic mass is 16.7. The molecule has 0 radical (unpaired) electrons. The maximum Gasteiger partial charge on any atom is 0.231 e. The lowest BCUT2D eigenvalue weighted by molar-refractivity contribution is -0.121. The molecule has 0 saturated carbocycles. The number of nitrogens with zero attached hydrogens (tertiary/aromatic N) is 1. The Morgan fingerprint density at radius 3 is 2.69 bits per heavy atom. The molecule has 0 spiro atoms. The van der Waals surface area contributed by atoms with E-state index < -0.39 is 0 Å². The topological polar surface area (TPSA) is 82.8 Å². The zero-order chi connectivity index (χ0) is 21.8. The number of ether oxygens (including phenoxy) is 3. The summed E-state index contributed by atoms with van der Waals surface area (Å²) in [6, 6.07) is 15.9. The van der Waals surface area contributed by atoms with Crippen molar-refractivity contribution in [1.82, 2.24) is 10.3 Å². The lowest BCUT2D eigenvalue weighted by Gasteiger charge is -2.38. The molecule has 2 aromatic carbocycles. The van der Waals surface area contributed by atoms with Crippen LogP contribution in [0.1, 0.15) is 30.7 Å². The highest BCUT2D eigenvalue weighted by molar-refractivity contribution is 5.76. The van der Waals surface area contributed by atoms with Crippen LogP contribution in [0.3, 0.4) is 0 Å². The summed E-state index contributed by atoms with van der Waals surface area (Å²) in [5.41, 5.74) is 1.93. The predicted octanol–water partition coefficient (Wildman–Crippen LogP) is 3.87. The maximum atomic E-state index is 12.6. The summed E-state index contributed by atoms with van der Waals surface area (Å²) in [5, 5.41) is 3.13. The standard InChI is InChI=1S/C25H26N2O5/c28-23(8-9-24-26-15-22(32-24)18-4-2-1-3-5-18)27-16-25(10-12-29-13-11-25)19-6-7-20-21(14-19)31-17-30-20/h1-7,14-15H,8-13,16-17H2,(H,27,28). The van der Waals surface area contributed by atoms with E-state index in [0.29, 0.717) is 44.3 Å². The van der Waals surface area contributed by atoms with Crippen LogP contribution in [0.5, 0.6) is 11.5 Å². The molecule has 1 saturated heterocycles. The average molecular weight is 434 g/mol. The summed E-state index contributed by atoms with van der Waals surface area (Å²) in [6.45, 7) is 2.14. The van der Waals surface area contributed by atoms with Gasteiger partial charge in [-0.15, -0.1) is 0 Å². The highest BCUT2D eigenvalue weighted by Crippen LogP contribution is 2.40. The molecule has 3 aromatic rings. The molecule has 2 aliphatic rings. The van der Waals surface area contributed by atoms with Crippen LogP contribution in [0.25, 0.3) is 11.3 Å². The van der Waals surface area contributed by atoms with Gasteiger partial charge in [0, 0.05) is 43.6 Å². The molecule has 1 amide bonds. The Morgan fingerprint density at radius 2 is 1.84 bits per heavy atom. The Bertz CT molecular complexity index is 1070. The largest absolute Gasteiger partial charge is 0.454 e. The molecule has 1 N–H and O–H groups in total. The zero-order valence-electron chi connectivity index (χ0n) is 17.8. The monoisotopic (exact) mass is 434 g/mol. The van der Waals surface area contributed by atoms with E-state index in [0.717, 1.165) is 35.5 Å². The minimum atomic E-state index is -0.182. The minimum absolute atomic E-state index is 0.0175. The molecule has 0 bridgehead atoms. The van der Waals surface area contributed by atoms with E-state index in [1.807, 2.05) is 42.5 Å². The molecular formula is C25H26N2O5. The molecule has 1 fully saturated rings. The first kappa shape index (κ1) is 20.6. The van der Waals surface area contributed by atoms with Gasteiger partial charge >= 0.3 is 0 Å². The molecule has 7 heteroatoms. The van der Waals surface area contributed by atoms with Gasteiger partial charge in [0.05, 0.1) is 6.20 Å². The second-order valence-corrected chi connectivity index (χ2v) is 8.22. The number of carbonyl (C=O) groups is 1. The molecule has 1 aromatic heterocycles. The Morgan fingerprint density at radius 1 is 1.03 bits per heavy atom. The number of hydrogen-bond acceptors (Lipinski definition) is 6. The molecule has 166 valence electrons. The number of benzene rings is 2. The molecule has 2 aliphatic heterocycles.